The van der Waals surface area contributed by atoms with Crippen molar-refractivity contribution < 1.29 is 9.84 Å². The summed E-state index contributed by atoms with van der Waals surface area (Å²) in [4.78, 5) is 18.8. The molecule has 0 atom stereocenters. The lowest BCUT2D eigenvalue weighted by Crippen LogP contribution is -2.19. The summed E-state index contributed by atoms with van der Waals surface area (Å²) in [5, 5.41) is 13.5. The normalized spacial score (nSPS) is 11.0. The van der Waals surface area contributed by atoms with Crippen molar-refractivity contribution >= 4 is 23.8 Å². The molecule has 3 aromatic rings. The molecule has 0 saturated carbocycles. The van der Waals surface area contributed by atoms with Gasteiger partial charge in [0.2, 0.25) is 5.95 Å². The molecule has 0 unspecified atom stereocenters. The molecule has 0 aliphatic heterocycles. The number of rotatable bonds is 8. The number of aliphatic hydroxyl groups is 1. The Morgan fingerprint density at radius 2 is 2.07 bits per heavy atom. The van der Waals surface area contributed by atoms with Crippen molar-refractivity contribution in [3.8, 4) is 5.75 Å². The molecule has 8 heteroatoms. The van der Waals surface area contributed by atoms with Gasteiger partial charge in [0.05, 0.1) is 16.9 Å². The van der Waals surface area contributed by atoms with Crippen molar-refractivity contribution in [3.05, 3.63) is 86.3 Å². The van der Waals surface area contributed by atoms with E-state index in [1.165, 1.54) is 0 Å². The van der Waals surface area contributed by atoms with Crippen LogP contribution in [0.5, 0.6) is 5.75 Å². The molecule has 0 saturated heterocycles. The Morgan fingerprint density at radius 3 is 2.76 bits per heavy atom. The fourth-order valence-electron chi connectivity index (χ4n) is 2.69. The standard InChI is InChI=1S/C21H21ClN4O3/c1-14-17(9-10-27)20(28)25-21(24-14)26-23-12-16-7-8-19(18(22)11-16)29-13-15-5-3-2-4-6-15/h2-8,11-12,27H,9-10,13H2,1H3,(H2,24,25,26,28)/b23-12-. The molecule has 0 bridgehead atoms. The van der Waals surface area contributed by atoms with Gasteiger partial charge in [-0.3, -0.25) is 9.78 Å². The molecular formula is C21H21ClN4O3. The van der Waals surface area contributed by atoms with E-state index in [0.717, 1.165) is 11.1 Å². The summed E-state index contributed by atoms with van der Waals surface area (Å²) in [5.74, 6) is 0.807. The Balaban J connectivity index is 1.62. The topological polar surface area (TPSA) is 99.6 Å². The van der Waals surface area contributed by atoms with E-state index in [4.69, 9.17) is 21.4 Å². The van der Waals surface area contributed by atoms with E-state index >= 15 is 0 Å². The second kappa shape index (κ2) is 9.86. The molecule has 0 aliphatic rings. The van der Waals surface area contributed by atoms with Crippen LogP contribution in [0.25, 0.3) is 0 Å². The fourth-order valence-corrected chi connectivity index (χ4v) is 2.93. The molecule has 0 fully saturated rings. The second-order valence-electron chi connectivity index (χ2n) is 6.29. The monoisotopic (exact) mass is 412 g/mol. The minimum absolute atomic E-state index is 0.109. The minimum Gasteiger partial charge on any atom is -0.487 e. The van der Waals surface area contributed by atoms with Crippen molar-refractivity contribution in [2.75, 3.05) is 12.0 Å². The van der Waals surface area contributed by atoms with Crippen LogP contribution in [0.2, 0.25) is 5.02 Å². The first-order chi connectivity index (χ1) is 14.1. The smallest absolute Gasteiger partial charge is 0.255 e. The van der Waals surface area contributed by atoms with Gasteiger partial charge in [0, 0.05) is 18.6 Å². The highest BCUT2D eigenvalue weighted by atomic mass is 35.5. The SMILES string of the molecule is Cc1nc(N/N=C\c2ccc(OCc3ccccc3)c(Cl)c2)[nH]c(=O)c1CCO. The van der Waals surface area contributed by atoms with Gasteiger partial charge in [-0.15, -0.1) is 0 Å². The predicted octanol–water partition coefficient (Wildman–Crippen LogP) is 3.29. The zero-order valence-corrected chi connectivity index (χ0v) is 16.6. The summed E-state index contributed by atoms with van der Waals surface area (Å²) in [7, 11) is 0. The maximum atomic E-state index is 12.0. The van der Waals surface area contributed by atoms with Gasteiger partial charge in [-0.25, -0.2) is 10.4 Å². The highest BCUT2D eigenvalue weighted by Gasteiger charge is 2.07. The molecule has 29 heavy (non-hydrogen) atoms. The molecule has 7 nitrogen and oxygen atoms in total. The number of ether oxygens (including phenoxy) is 1. The Labute approximate surface area is 173 Å². The first-order valence-electron chi connectivity index (χ1n) is 9.03. The lowest BCUT2D eigenvalue weighted by Gasteiger charge is -2.08. The number of hydrazone groups is 1. The Bertz CT molecular complexity index is 1050. The van der Waals surface area contributed by atoms with Crippen molar-refractivity contribution in [1.29, 1.82) is 0 Å². The van der Waals surface area contributed by atoms with Gasteiger partial charge < -0.3 is 9.84 Å². The van der Waals surface area contributed by atoms with Crippen LogP contribution in [0.15, 0.2) is 58.4 Å². The van der Waals surface area contributed by atoms with Crippen molar-refractivity contribution in [2.24, 2.45) is 5.10 Å². The lowest BCUT2D eigenvalue weighted by molar-refractivity contribution is 0.298. The number of aliphatic hydroxyl groups excluding tert-OH is 1. The number of halogens is 1. The molecule has 3 rings (SSSR count). The number of H-pyrrole nitrogens is 1. The largest absolute Gasteiger partial charge is 0.487 e. The number of nitrogens with one attached hydrogen (secondary N) is 2. The third kappa shape index (κ3) is 5.66. The molecule has 1 heterocycles. The van der Waals surface area contributed by atoms with Gasteiger partial charge >= 0.3 is 0 Å². The molecule has 3 N–H and O–H groups in total. The number of benzene rings is 2. The molecule has 150 valence electrons. The second-order valence-corrected chi connectivity index (χ2v) is 6.69. The third-order valence-corrected chi connectivity index (χ3v) is 4.46. The van der Waals surface area contributed by atoms with Crippen LogP contribution in [-0.2, 0) is 13.0 Å². The van der Waals surface area contributed by atoms with Crippen molar-refractivity contribution in [3.63, 3.8) is 0 Å². The van der Waals surface area contributed by atoms with Gasteiger partial charge in [-0.05, 0) is 36.2 Å². The van der Waals surface area contributed by atoms with E-state index in [2.05, 4.69) is 20.5 Å². The lowest BCUT2D eigenvalue weighted by atomic mass is 10.2. The van der Waals surface area contributed by atoms with Crippen LogP contribution in [0.1, 0.15) is 22.4 Å². The maximum absolute atomic E-state index is 12.0. The van der Waals surface area contributed by atoms with Gasteiger partial charge in [-0.1, -0.05) is 41.9 Å². The van der Waals surface area contributed by atoms with E-state index in [-0.39, 0.29) is 24.5 Å². The van der Waals surface area contributed by atoms with E-state index < -0.39 is 0 Å². The number of anilines is 1. The number of nitrogens with zero attached hydrogens (tertiary/aromatic N) is 2. The zero-order valence-electron chi connectivity index (χ0n) is 15.9. The maximum Gasteiger partial charge on any atom is 0.255 e. The third-order valence-electron chi connectivity index (χ3n) is 4.16. The van der Waals surface area contributed by atoms with Gasteiger partial charge in [0.25, 0.3) is 5.56 Å². The zero-order chi connectivity index (χ0) is 20.6. The molecule has 0 aliphatic carbocycles. The van der Waals surface area contributed by atoms with Crippen LogP contribution in [-0.4, -0.2) is 27.9 Å². The summed E-state index contributed by atoms with van der Waals surface area (Å²) in [6, 6.07) is 15.2. The fraction of sp³-hybridized carbons (Fsp3) is 0.190. The number of aromatic amines is 1. The van der Waals surface area contributed by atoms with Crippen molar-refractivity contribution in [2.45, 2.75) is 20.0 Å². The van der Waals surface area contributed by atoms with E-state index in [0.29, 0.717) is 28.6 Å². The first kappa shape index (κ1) is 20.6. The minimum atomic E-state index is -0.299. The highest BCUT2D eigenvalue weighted by molar-refractivity contribution is 6.32. The predicted molar refractivity (Wildman–Crippen MR) is 114 cm³/mol. The first-order valence-corrected chi connectivity index (χ1v) is 9.40. The van der Waals surface area contributed by atoms with Crippen LogP contribution < -0.4 is 15.7 Å². The van der Waals surface area contributed by atoms with Crippen LogP contribution in [0.3, 0.4) is 0 Å². The Hall–Kier alpha value is -3.16. The summed E-state index contributed by atoms with van der Waals surface area (Å²) in [5.41, 5.74) is 5.21. The van der Waals surface area contributed by atoms with E-state index in [9.17, 15) is 4.79 Å². The molecule has 1 aromatic heterocycles. The molecule has 2 aromatic carbocycles. The number of aryl methyl sites for hydroxylation is 1. The molecule has 0 spiro atoms. The summed E-state index contributed by atoms with van der Waals surface area (Å²) >= 11 is 6.29. The Kier molecular flexibility index (Phi) is 6.99. The quantitative estimate of drug-likeness (QED) is 0.389. The van der Waals surface area contributed by atoms with Crippen LogP contribution in [0.4, 0.5) is 5.95 Å². The summed E-state index contributed by atoms with van der Waals surface area (Å²) in [6.07, 6.45) is 1.82. The molecular weight excluding hydrogens is 392 g/mol. The average molecular weight is 413 g/mol. The number of aromatic nitrogens is 2. The number of hydrogen-bond acceptors (Lipinski definition) is 6. The summed E-state index contributed by atoms with van der Waals surface area (Å²) < 4.78 is 5.75. The number of hydrogen-bond donors (Lipinski definition) is 3. The summed E-state index contributed by atoms with van der Waals surface area (Å²) in [6.45, 7) is 2.03. The van der Waals surface area contributed by atoms with E-state index in [1.54, 1.807) is 25.3 Å². The van der Waals surface area contributed by atoms with Crippen LogP contribution in [0, 0.1) is 6.92 Å². The van der Waals surface area contributed by atoms with Gasteiger partial charge in [-0.2, -0.15) is 5.10 Å². The Morgan fingerprint density at radius 1 is 1.28 bits per heavy atom. The van der Waals surface area contributed by atoms with Gasteiger partial charge in [0.1, 0.15) is 12.4 Å². The average Bonchev–Trinajstić information content (AvgIpc) is 2.71. The highest BCUT2D eigenvalue weighted by Crippen LogP contribution is 2.25. The van der Waals surface area contributed by atoms with E-state index in [1.807, 2.05) is 36.4 Å². The molecule has 0 radical (unpaired) electrons. The van der Waals surface area contributed by atoms with Crippen molar-refractivity contribution in [1.82, 2.24) is 9.97 Å². The van der Waals surface area contributed by atoms with Crippen LogP contribution >= 0.6 is 11.6 Å². The molecule has 0 amide bonds. The van der Waals surface area contributed by atoms with Gasteiger partial charge in [0.15, 0.2) is 0 Å².